The van der Waals surface area contributed by atoms with Crippen LogP contribution in [-0.4, -0.2) is 24.5 Å². The Labute approximate surface area is 112 Å². The van der Waals surface area contributed by atoms with Gasteiger partial charge in [-0.1, -0.05) is 43.3 Å². The summed E-state index contributed by atoms with van der Waals surface area (Å²) in [5, 5.41) is 10.8. The highest BCUT2D eigenvalue weighted by Crippen LogP contribution is 2.25. The standard InChI is InChI=1S/C14H17NO4/c1-11(8-9-14(16)19-2)13(10-15(17)18)12-6-4-3-5-7-12/h3-9,11,13H,10H2,1-2H3/b9-8+/t11-,13-/m1/s1. The maximum atomic E-state index is 11.1. The second-order valence-corrected chi connectivity index (χ2v) is 4.27. The van der Waals surface area contributed by atoms with Gasteiger partial charge in [-0.15, -0.1) is 0 Å². The molecule has 0 aliphatic heterocycles. The molecule has 0 bridgehead atoms. The molecule has 0 saturated carbocycles. The minimum atomic E-state index is -0.459. The van der Waals surface area contributed by atoms with Crippen molar-refractivity contribution in [2.75, 3.05) is 13.7 Å². The van der Waals surface area contributed by atoms with Crippen molar-refractivity contribution in [2.45, 2.75) is 12.8 Å². The molecule has 1 rings (SSSR count). The van der Waals surface area contributed by atoms with Crippen molar-refractivity contribution in [3.63, 3.8) is 0 Å². The van der Waals surface area contributed by atoms with Gasteiger partial charge in [-0.25, -0.2) is 4.79 Å². The summed E-state index contributed by atoms with van der Waals surface area (Å²) in [4.78, 5) is 21.5. The molecular weight excluding hydrogens is 246 g/mol. The lowest BCUT2D eigenvalue weighted by Gasteiger charge is -2.17. The number of methoxy groups -OCH3 is 1. The Hall–Kier alpha value is -2.17. The molecule has 5 heteroatoms. The fourth-order valence-electron chi connectivity index (χ4n) is 1.87. The number of carbonyl (C=O) groups is 1. The molecule has 0 fully saturated rings. The van der Waals surface area contributed by atoms with Gasteiger partial charge < -0.3 is 4.74 Å². The lowest BCUT2D eigenvalue weighted by atomic mass is 9.87. The molecule has 0 amide bonds. The van der Waals surface area contributed by atoms with Crippen LogP contribution >= 0.6 is 0 Å². The highest BCUT2D eigenvalue weighted by Gasteiger charge is 2.22. The normalized spacial score (nSPS) is 14.0. The molecule has 0 N–H and O–H groups in total. The average Bonchev–Trinajstić information content (AvgIpc) is 2.42. The topological polar surface area (TPSA) is 69.4 Å². The number of esters is 1. The van der Waals surface area contributed by atoms with Gasteiger partial charge in [0.15, 0.2) is 0 Å². The van der Waals surface area contributed by atoms with Crippen LogP contribution in [0.5, 0.6) is 0 Å². The van der Waals surface area contributed by atoms with E-state index in [9.17, 15) is 14.9 Å². The first-order valence-corrected chi connectivity index (χ1v) is 5.97. The number of nitro groups is 1. The quantitative estimate of drug-likeness (QED) is 0.342. The van der Waals surface area contributed by atoms with E-state index in [1.165, 1.54) is 13.2 Å². The molecule has 0 saturated heterocycles. The van der Waals surface area contributed by atoms with Gasteiger partial charge in [0.05, 0.1) is 13.0 Å². The van der Waals surface area contributed by atoms with E-state index < -0.39 is 5.97 Å². The zero-order chi connectivity index (χ0) is 14.3. The summed E-state index contributed by atoms with van der Waals surface area (Å²) in [7, 11) is 1.29. The fourth-order valence-corrected chi connectivity index (χ4v) is 1.87. The van der Waals surface area contributed by atoms with Crippen LogP contribution in [-0.2, 0) is 9.53 Å². The highest BCUT2D eigenvalue weighted by molar-refractivity contribution is 5.81. The lowest BCUT2D eigenvalue weighted by Crippen LogP contribution is -2.18. The minimum Gasteiger partial charge on any atom is -0.466 e. The molecule has 19 heavy (non-hydrogen) atoms. The van der Waals surface area contributed by atoms with Crippen LogP contribution in [0.1, 0.15) is 18.4 Å². The highest BCUT2D eigenvalue weighted by atomic mass is 16.6. The largest absolute Gasteiger partial charge is 0.466 e. The van der Waals surface area contributed by atoms with Gasteiger partial charge >= 0.3 is 5.97 Å². The third-order valence-electron chi connectivity index (χ3n) is 2.95. The summed E-state index contributed by atoms with van der Waals surface area (Å²) < 4.78 is 4.51. The molecule has 0 aromatic heterocycles. The monoisotopic (exact) mass is 263 g/mol. The van der Waals surface area contributed by atoms with E-state index in [1.807, 2.05) is 37.3 Å². The number of rotatable bonds is 6. The molecule has 0 heterocycles. The number of nitrogens with zero attached hydrogens (tertiary/aromatic N) is 1. The first-order chi connectivity index (χ1) is 9.04. The Morgan fingerprint density at radius 3 is 2.58 bits per heavy atom. The van der Waals surface area contributed by atoms with Crippen molar-refractivity contribution in [3.8, 4) is 0 Å². The van der Waals surface area contributed by atoms with Crippen LogP contribution in [0.3, 0.4) is 0 Å². The molecule has 0 unspecified atom stereocenters. The maximum absolute atomic E-state index is 11.1. The summed E-state index contributed by atoms with van der Waals surface area (Å²) in [5.74, 6) is -0.858. The zero-order valence-corrected chi connectivity index (χ0v) is 11.0. The summed E-state index contributed by atoms with van der Waals surface area (Å²) in [6.45, 7) is 1.68. The molecule has 5 nitrogen and oxygen atoms in total. The summed E-state index contributed by atoms with van der Waals surface area (Å²) in [6, 6.07) is 9.27. The van der Waals surface area contributed by atoms with Crippen LogP contribution in [0.15, 0.2) is 42.5 Å². The first kappa shape index (κ1) is 14.9. The number of ether oxygens (including phenoxy) is 1. The molecule has 2 atom stereocenters. The van der Waals surface area contributed by atoms with Crippen molar-refractivity contribution >= 4 is 5.97 Å². The van der Waals surface area contributed by atoms with E-state index in [0.29, 0.717) is 0 Å². The van der Waals surface area contributed by atoms with Crippen LogP contribution in [0.2, 0.25) is 0 Å². The molecule has 0 aliphatic carbocycles. The van der Waals surface area contributed by atoms with E-state index in [1.54, 1.807) is 6.08 Å². The second-order valence-electron chi connectivity index (χ2n) is 4.27. The van der Waals surface area contributed by atoms with Gasteiger partial charge in [0, 0.05) is 11.0 Å². The van der Waals surface area contributed by atoms with Crippen molar-refractivity contribution in [2.24, 2.45) is 5.92 Å². The third-order valence-corrected chi connectivity index (χ3v) is 2.95. The number of hydrogen-bond donors (Lipinski definition) is 0. The Morgan fingerprint density at radius 1 is 1.42 bits per heavy atom. The van der Waals surface area contributed by atoms with Crippen LogP contribution in [0.4, 0.5) is 0 Å². The van der Waals surface area contributed by atoms with Gasteiger partial charge in [0.2, 0.25) is 6.54 Å². The molecule has 102 valence electrons. The third kappa shape index (κ3) is 4.91. The van der Waals surface area contributed by atoms with Gasteiger partial charge in [-0.05, 0) is 11.5 Å². The van der Waals surface area contributed by atoms with Crippen LogP contribution in [0, 0.1) is 16.0 Å². The fraction of sp³-hybridized carbons (Fsp3) is 0.357. The second kappa shape index (κ2) is 7.31. The summed E-state index contributed by atoms with van der Waals surface area (Å²) in [5.41, 5.74) is 0.890. The Kier molecular flexibility index (Phi) is 5.73. The van der Waals surface area contributed by atoms with Crippen molar-refractivity contribution in [1.29, 1.82) is 0 Å². The maximum Gasteiger partial charge on any atom is 0.330 e. The van der Waals surface area contributed by atoms with Crippen LogP contribution in [0.25, 0.3) is 0 Å². The predicted molar refractivity (Wildman–Crippen MR) is 71.4 cm³/mol. The minimum absolute atomic E-state index is 0.133. The molecule has 0 spiro atoms. The molecule has 1 aromatic carbocycles. The predicted octanol–water partition coefficient (Wildman–Crippen LogP) is 2.41. The smallest absolute Gasteiger partial charge is 0.330 e. The molecular formula is C14H17NO4. The zero-order valence-electron chi connectivity index (χ0n) is 11.0. The van der Waals surface area contributed by atoms with Gasteiger partial charge in [-0.3, -0.25) is 10.1 Å². The number of benzene rings is 1. The number of carbonyl (C=O) groups excluding carboxylic acids is 1. The van der Waals surface area contributed by atoms with Crippen molar-refractivity contribution in [3.05, 3.63) is 58.2 Å². The Balaban J connectivity index is 2.88. The molecule has 0 radical (unpaired) electrons. The van der Waals surface area contributed by atoms with Crippen molar-refractivity contribution in [1.82, 2.24) is 0 Å². The molecule has 1 aromatic rings. The van der Waals surface area contributed by atoms with Gasteiger partial charge in [-0.2, -0.15) is 0 Å². The van der Waals surface area contributed by atoms with Gasteiger partial charge in [0.1, 0.15) is 0 Å². The molecule has 0 aliphatic rings. The SMILES string of the molecule is COC(=O)/C=C/[C@@H](C)[C@@H](C[N+](=O)[O-])c1ccccc1. The number of hydrogen-bond acceptors (Lipinski definition) is 4. The summed E-state index contributed by atoms with van der Waals surface area (Å²) >= 11 is 0. The van der Waals surface area contributed by atoms with E-state index in [-0.39, 0.29) is 23.3 Å². The van der Waals surface area contributed by atoms with Crippen molar-refractivity contribution < 1.29 is 14.5 Å². The van der Waals surface area contributed by atoms with Crippen LogP contribution < -0.4 is 0 Å². The summed E-state index contributed by atoms with van der Waals surface area (Å²) in [6.07, 6.45) is 2.95. The Morgan fingerprint density at radius 2 is 2.05 bits per heavy atom. The average molecular weight is 263 g/mol. The van der Waals surface area contributed by atoms with E-state index >= 15 is 0 Å². The number of allylic oxidation sites excluding steroid dienone is 1. The Bertz CT molecular complexity index is 456. The first-order valence-electron chi connectivity index (χ1n) is 5.97. The van der Waals surface area contributed by atoms with E-state index in [4.69, 9.17) is 0 Å². The van der Waals surface area contributed by atoms with Gasteiger partial charge in [0.25, 0.3) is 0 Å². The lowest BCUT2D eigenvalue weighted by molar-refractivity contribution is -0.484. The van der Waals surface area contributed by atoms with E-state index in [2.05, 4.69) is 4.74 Å². The van der Waals surface area contributed by atoms with E-state index in [0.717, 1.165) is 5.56 Å².